The molecular weight excluding hydrogens is 282 g/mol. The van der Waals surface area contributed by atoms with Crippen molar-refractivity contribution in [2.24, 2.45) is 17.8 Å². The van der Waals surface area contributed by atoms with E-state index >= 15 is 0 Å². The van der Waals surface area contributed by atoms with Crippen molar-refractivity contribution in [2.45, 2.75) is 31.4 Å². The maximum Gasteiger partial charge on any atom is 0.119 e. The predicted octanol–water partition coefficient (Wildman–Crippen LogP) is 3.79. The second-order valence-corrected chi connectivity index (χ2v) is 7.38. The van der Waals surface area contributed by atoms with Gasteiger partial charge in [0.05, 0.1) is 0 Å². The molecule has 0 spiro atoms. The highest BCUT2D eigenvalue weighted by molar-refractivity contribution is 5.44. The van der Waals surface area contributed by atoms with Crippen LogP contribution >= 0.6 is 0 Å². The molecule has 2 aliphatic carbocycles. The van der Waals surface area contributed by atoms with Crippen LogP contribution in [0.3, 0.4) is 0 Å². The highest BCUT2D eigenvalue weighted by Crippen LogP contribution is 2.49. The average Bonchev–Trinajstić information content (AvgIpc) is 3.14. The zero-order valence-corrected chi connectivity index (χ0v) is 13.5. The van der Waals surface area contributed by atoms with Crippen LogP contribution in [0, 0.1) is 17.8 Å². The molecule has 6 unspecified atom stereocenters. The number of ether oxygens (including phenoxy) is 1. The summed E-state index contributed by atoms with van der Waals surface area (Å²) in [4.78, 5) is 0. The first-order chi connectivity index (χ1) is 11.3. The molecular formula is C21H23NO. The number of benzene rings is 1. The Morgan fingerprint density at radius 3 is 2.87 bits per heavy atom. The SMILES string of the molecule is CC1NCC2C=C3OC4C(C=CCC4c4ccccc4)C3=CC21. The Labute approximate surface area is 137 Å². The van der Waals surface area contributed by atoms with Gasteiger partial charge in [0, 0.05) is 41.8 Å². The van der Waals surface area contributed by atoms with Gasteiger partial charge in [-0.25, -0.2) is 0 Å². The molecule has 118 valence electrons. The first kappa shape index (κ1) is 13.6. The number of rotatable bonds is 1. The number of nitrogens with one attached hydrogen (secondary N) is 1. The normalized spacial score (nSPS) is 40.6. The molecule has 1 aromatic rings. The molecule has 2 heteroatoms. The highest BCUT2D eigenvalue weighted by atomic mass is 16.5. The van der Waals surface area contributed by atoms with E-state index in [4.69, 9.17) is 4.74 Å². The Kier molecular flexibility index (Phi) is 3.02. The van der Waals surface area contributed by atoms with Gasteiger partial charge in [-0.15, -0.1) is 0 Å². The largest absolute Gasteiger partial charge is 0.489 e. The number of hydrogen-bond donors (Lipinski definition) is 1. The lowest BCUT2D eigenvalue weighted by atomic mass is 9.75. The molecule has 2 aliphatic heterocycles. The van der Waals surface area contributed by atoms with Crippen molar-refractivity contribution < 1.29 is 4.74 Å². The minimum atomic E-state index is 0.266. The van der Waals surface area contributed by atoms with Crippen molar-refractivity contribution in [3.63, 3.8) is 0 Å². The Morgan fingerprint density at radius 2 is 2.00 bits per heavy atom. The minimum Gasteiger partial charge on any atom is -0.489 e. The van der Waals surface area contributed by atoms with Gasteiger partial charge >= 0.3 is 0 Å². The summed E-state index contributed by atoms with van der Waals surface area (Å²) >= 11 is 0. The van der Waals surface area contributed by atoms with Crippen molar-refractivity contribution in [1.82, 2.24) is 5.32 Å². The van der Waals surface area contributed by atoms with Gasteiger partial charge in [-0.05, 0) is 25.0 Å². The fourth-order valence-corrected chi connectivity index (χ4v) is 4.84. The first-order valence-electron chi connectivity index (χ1n) is 8.87. The van der Waals surface area contributed by atoms with Crippen molar-refractivity contribution in [3.8, 4) is 0 Å². The first-order valence-corrected chi connectivity index (χ1v) is 8.87. The Balaban J connectivity index is 1.52. The molecule has 2 nitrogen and oxygen atoms in total. The standard InChI is InChI=1S/C21H23NO/c1-13-18-11-19-17-9-5-8-16(14-6-3-2-4-7-14)21(17)23-20(19)10-15(18)12-22-13/h2-7,9-11,13,15-18,21-22H,8,12H2,1H3. The van der Waals surface area contributed by atoms with Gasteiger partial charge in [0.1, 0.15) is 11.9 Å². The van der Waals surface area contributed by atoms with E-state index < -0.39 is 0 Å². The molecule has 6 atom stereocenters. The van der Waals surface area contributed by atoms with E-state index in [-0.39, 0.29) is 6.10 Å². The zero-order valence-electron chi connectivity index (χ0n) is 13.5. The van der Waals surface area contributed by atoms with Crippen LogP contribution in [0.1, 0.15) is 24.8 Å². The van der Waals surface area contributed by atoms with Crippen LogP contribution < -0.4 is 5.32 Å². The van der Waals surface area contributed by atoms with Crippen LogP contribution in [0.15, 0.2) is 66.0 Å². The topological polar surface area (TPSA) is 21.3 Å². The molecule has 1 aromatic carbocycles. The summed E-state index contributed by atoms with van der Waals surface area (Å²) < 4.78 is 6.49. The van der Waals surface area contributed by atoms with Gasteiger partial charge in [-0.2, -0.15) is 0 Å². The second-order valence-electron chi connectivity index (χ2n) is 7.38. The van der Waals surface area contributed by atoms with Crippen molar-refractivity contribution in [2.75, 3.05) is 6.54 Å². The monoisotopic (exact) mass is 305 g/mol. The molecule has 2 heterocycles. The maximum atomic E-state index is 6.49. The summed E-state index contributed by atoms with van der Waals surface area (Å²) in [5.74, 6) is 3.28. The van der Waals surface area contributed by atoms with E-state index in [1.807, 2.05) is 0 Å². The lowest BCUT2D eigenvalue weighted by Gasteiger charge is -2.29. The van der Waals surface area contributed by atoms with Gasteiger partial charge in [0.2, 0.25) is 0 Å². The van der Waals surface area contributed by atoms with Gasteiger partial charge < -0.3 is 10.1 Å². The predicted molar refractivity (Wildman–Crippen MR) is 91.9 cm³/mol. The summed E-state index contributed by atoms with van der Waals surface area (Å²) in [6, 6.07) is 11.4. The Hall–Kier alpha value is -1.80. The van der Waals surface area contributed by atoms with Crippen LogP contribution in [0.2, 0.25) is 0 Å². The van der Waals surface area contributed by atoms with E-state index in [1.54, 1.807) is 0 Å². The van der Waals surface area contributed by atoms with Gasteiger partial charge in [0.25, 0.3) is 0 Å². The Bertz CT molecular complexity index is 702. The molecule has 2 fully saturated rings. The maximum absolute atomic E-state index is 6.49. The van der Waals surface area contributed by atoms with Crippen LogP contribution in [-0.2, 0) is 4.74 Å². The van der Waals surface area contributed by atoms with Gasteiger partial charge in [-0.1, -0.05) is 48.6 Å². The average molecular weight is 305 g/mol. The van der Waals surface area contributed by atoms with Crippen molar-refractivity contribution in [1.29, 1.82) is 0 Å². The smallest absolute Gasteiger partial charge is 0.119 e. The summed E-state index contributed by atoms with van der Waals surface area (Å²) in [6.07, 6.45) is 11.0. The molecule has 0 amide bonds. The molecule has 2 saturated heterocycles. The molecule has 5 rings (SSSR count). The summed E-state index contributed by atoms with van der Waals surface area (Å²) in [6.45, 7) is 3.38. The number of hydrogen-bond acceptors (Lipinski definition) is 2. The fourth-order valence-electron chi connectivity index (χ4n) is 4.84. The number of fused-ring (bicyclic) bond motifs is 4. The van der Waals surface area contributed by atoms with E-state index in [0.29, 0.717) is 29.7 Å². The van der Waals surface area contributed by atoms with Crippen molar-refractivity contribution >= 4 is 0 Å². The third-order valence-corrected chi connectivity index (χ3v) is 6.10. The van der Waals surface area contributed by atoms with E-state index in [2.05, 4.69) is 66.9 Å². The van der Waals surface area contributed by atoms with E-state index in [9.17, 15) is 0 Å². The summed E-state index contributed by atoms with van der Waals surface area (Å²) in [7, 11) is 0. The number of allylic oxidation sites excluding steroid dienone is 2. The van der Waals surface area contributed by atoms with E-state index in [1.165, 1.54) is 11.1 Å². The molecule has 1 N–H and O–H groups in total. The minimum absolute atomic E-state index is 0.266. The highest BCUT2D eigenvalue weighted by Gasteiger charge is 2.46. The second kappa shape index (κ2) is 5.10. The summed E-state index contributed by atoms with van der Waals surface area (Å²) in [5.41, 5.74) is 2.84. The fraction of sp³-hybridized carbons (Fsp3) is 0.429. The van der Waals surface area contributed by atoms with Crippen LogP contribution in [0.4, 0.5) is 0 Å². The third kappa shape index (κ3) is 2.05. The van der Waals surface area contributed by atoms with Crippen LogP contribution in [0.25, 0.3) is 0 Å². The van der Waals surface area contributed by atoms with Crippen molar-refractivity contribution in [3.05, 3.63) is 71.5 Å². The molecule has 23 heavy (non-hydrogen) atoms. The molecule has 4 aliphatic rings. The van der Waals surface area contributed by atoms with Crippen LogP contribution in [-0.4, -0.2) is 18.7 Å². The third-order valence-electron chi connectivity index (χ3n) is 6.10. The zero-order chi connectivity index (χ0) is 15.4. The molecule has 0 saturated carbocycles. The Morgan fingerprint density at radius 1 is 1.13 bits per heavy atom. The quantitative estimate of drug-likeness (QED) is 0.797. The van der Waals surface area contributed by atoms with E-state index in [0.717, 1.165) is 18.7 Å². The molecule has 0 bridgehead atoms. The lowest BCUT2D eigenvalue weighted by Crippen LogP contribution is -2.27. The lowest BCUT2D eigenvalue weighted by molar-refractivity contribution is 0.110. The van der Waals surface area contributed by atoms with Gasteiger partial charge in [-0.3, -0.25) is 0 Å². The van der Waals surface area contributed by atoms with Gasteiger partial charge in [0.15, 0.2) is 0 Å². The molecule has 0 radical (unpaired) electrons. The molecule has 0 aromatic heterocycles. The summed E-state index contributed by atoms with van der Waals surface area (Å²) in [5, 5.41) is 3.59. The van der Waals surface area contributed by atoms with Crippen LogP contribution in [0.5, 0.6) is 0 Å².